The Bertz CT molecular complexity index is 1220. The molecule has 1 fully saturated rings. The Morgan fingerprint density at radius 3 is 2.42 bits per heavy atom. The number of aliphatic imine (C=N–C) groups is 1. The van der Waals surface area contributed by atoms with Crippen LogP contribution >= 0.6 is 0 Å². The van der Waals surface area contributed by atoms with Gasteiger partial charge in [-0.1, -0.05) is 25.1 Å². The van der Waals surface area contributed by atoms with Crippen LogP contribution in [0.15, 0.2) is 47.5 Å². The molecule has 40 heavy (non-hydrogen) atoms. The summed E-state index contributed by atoms with van der Waals surface area (Å²) in [7, 11) is 2.67. The standard InChI is InChI=1S/C26H30F7N5O2/c1-14(16-9-10-21(40-4)19(27)12-16)11-15(2)34-24(35-20-8-6-5-7-18(20)25(28,29)30)36-23(39)17-13-38(3)37-22(17)26(31,32)33/h5-10,12,14-15,17,22,37H,11,13H2,1-4H3,(H2,34,35,36,39). The molecule has 220 valence electrons. The summed E-state index contributed by atoms with van der Waals surface area (Å²) in [6.45, 7) is 3.10. The lowest BCUT2D eigenvalue weighted by Crippen LogP contribution is -2.50. The second-order valence-electron chi connectivity index (χ2n) is 9.65. The first kappa shape index (κ1) is 31.1. The molecule has 1 amide bonds. The number of rotatable bonds is 7. The number of anilines is 1. The van der Waals surface area contributed by atoms with Crippen molar-refractivity contribution in [1.82, 2.24) is 15.8 Å². The highest BCUT2D eigenvalue weighted by atomic mass is 19.4. The zero-order valence-corrected chi connectivity index (χ0v) is 22.1. The molecule has 0 bridgehead atoms. The van der Waals surface area contributed by atoms with Crippen molar-refractivity contribution in [3.63, 3.8) is 0 Å². The molecule has 4 unspecified atom stereocenters. The molecule has 0 aromatic heterocycles. The summed E-state index contributed by atoms with van der Waals surface area (Å²) in [5.41, 5.74) is 1.28. The Kier molecular flexibility index (Phi) is 9.67. The number of carbonyl (C=O) groups excluding carboxylic acids is 1. The molecule has 0 aliphatic carbocycles. The van der Waals surface area contributed by atoms with Crippen molar-refractivity contribution >= 4 is 17.6 Å². The molecule has 0 radical (unpaired) electrons. The van der Waals surface area contributed by atoms with Gasteiger partial charge in [0.2, 0.25) is 11.9 Å². The van der Waals surface area contributed by atoms with E-state index in [-0.39, 0.29) is 24.6 Å². The maximum absolute atomic E-state index is 14.2. The number of amides is 1. The minimum atomic E-state index is -4.75. The number of para-hydroxylation sites is 1. The topological polar surface area (TPSA) is 78.0 Å². The molecule has 1 saturated heterocycles. The van der Waals surface area contributed by atoms with E-state index in [4.69, 9.17) is 4.74 Å². The van der Waals surface area contributed by atoms with Crippen molar-refractivity contribution in [1.29, 1.82) is 0 Å². The summed E-state index contributed by atoms with van der Waals surface area (Å²) in [6.07, 6.45) is -9.24. The van der Waals surface area contributed by atoms with Gasteiger partial charge < -0.3 is 10.1 Å². The molecule has 14 heteroatoms. The van der Waals surface area contributed by atoms with E-state index in [9.17, 15) is 35.5 Å². The normalized spacial score (nSPS) is 20.2. The van der Waals surface area contributed by atoms with E-state index in [0.717, 1.165) is 17.1 Å². The number of ether oxygens (including phenoxy) is 1. The molecular weight excluding hydrogens is 547 g/mol. The first-order valence-corrected chi connectivity index (χ1v) is 12.3. The van der Waals surface area contributed by atoms with Crippen LogP contribution in [0, 0.1) is 11.7 Å². The van der Waals surface area contributed by atoms with Crippen LogP contribution in [-0.4, -0.2) is 55.8 Å². The zero-order chi connectivity index (χ0) is 29.8. The van der Waals surface area contributed by atoms with Crippen molar-refractivity contribution in [3.05, 3.63) is 59.4 Å². The molecule has 3 rings (SSSR count). The third-order valence-corrected chi connectivity index (χ3v) is 6.44. The van der Waals surface area contributed by atoms with Crippen molar-refractivity contribution in [2.75, 3.05) is 26.0 Å². The predicted molar refractivity (Wildman–Crippen MR) is 135 cm³/mol. The summed E-state index contributed by atoms with van der Waals surface area (Å²) in [4.78, 5) is 17.3. The Morgan fingerprint density at radius 2 is 1.82 bits per heavy atom. The lowest BCUT2D eigenvalue weighted by molar-refractivity contribution is -0.168. The number of alkyl halides is 6. The van der Waals surface area contributed by atoms with Gasteiger partial charge in [0.1, 0.15) is 6.04 Å². The van der Waals surface area contributed by atoms with Gasteiger partial charge in [0.25, 0.3) is 0 Å². The molecule has 0 saturated carbocycles. The highest BCUT2D eigenvalue weighted by molar-refractivity contribution is 6.05. The molecule has 1 aliphatic rings. The number of hydrogen-bond acceptors (Lipinski definition) is 5. The van der Waals surface area contributed by atoms with Crippen LogP contribution in [0.4, 0.5) is 36.4 Å². The lowest BCUT2D eigenvalue weighted by Gasteiger charge is -2.23. The van der Waals surface area contributed by atoms with Gasteiger partial charge in [-0.15, -0.1) is 0 Å². The van der Waals surface area contributed by atoms with Crippen LogP contribution < -0.4 is 20.8 Å². The highest BCUT2D eigenvalue weighted by Crippen LogP contribution is 2.35. The van der Waals surface area contributed by atoms with Gasteiger partial charge in [-0.05, 0) is 49.1 Å². The minimum Gasteiger partial charge on any atom is -0.494 e. The van der Waals surface area contributed by atoms with Gasteiger partial charge in [0.05, 0.1) is 30.3 Å². The number of nitrogens with zero attached hydrogens (tertiary/aromatic N) is 2. The van der Waals surface area contributed by atoms with Gasteiger partial charge >= 0.3 is 12.4 Å². The fourth-order valence-electron chi connectivity index (χ4n) is 4.50. The predicted octanol–water partition coefficient (Wildman–Crippen LogP) is 5.32. The van der Waals surface area contributed by atoms with E-state index in [1.54, 1.807) is 19.9 Å². The molecule has 2 aromatic rings. The molecule has 1 heterocycles. The fourth-order valence-corrected chi connectivity index (χ4v) is 4.50. The summed E-state index contributed by atoms with van der Waals surface area (Å²) < 4.78 is 100. The monoisotopic (exact) mass is 577 g/mol. The molecule has 4 atom stereocenters. The van der Waals surface area contributed by atoms with Crippen molar-refractivity contribution < 1.29 is 40.3 Å². The maximum Gasteiger partial charge on any atom is 0.418 e. The number of methoxy groups -OCH3 is 1. The van der Waals surface area contributed by atoms with Crippen LogP contribution in [0.1, 0.15) is 37.3 Å². The third-order valence-electron chi connectivity index (χ3n) is 6.44. The second kappa shape index (κ2) is 12.4. The van der Waals surface area contributed by atoms with Crippen LogP contribution in [0.5, 0.6) is 5.75 Å². The van der Waals surface area contributed by atoms with Gasteiger partial charge in [-0.2, -0.15) is 26.3 Å². The average Bonchev–Trinajstić information content (AvgIpc) is 3.26. The first-order chi connectivity index (χ1) is 18.6. The summed E-state index contributed by atoms with van der Waals surface area (Å²) in [6, 6.07) is 6.01. The lowest BCUT2D eigenvalue weighted by atomic mass is 9.94. The Labute approximate surface area is 226 Å². The van der Waals surface area contributed by atoms with E-state index in [1.807, 2.05) is 0 Å². The van der Waals surface area contributed by atoms with E-state index in [0.29, 0.717) is 5.56 Å². The number of guanidine groups is 1. The van der Waals surface area contributed by atoms with Gasteiger partial charge in [-0.3, -0.25) is 10.1 Å². The van der Waals surface area contributed by atoms with Crippen LogP contribution in [0.25, 0.3) is 0 Å². The quantitative estimate of drug-likeness (QED) is 0.236. The van der Waals surface area contributed by atoms with Crippen LogP contribution in [0.3, 0.4) is 0 Å². The Hall–Kier alpha value is -3.39. The molecule has 0 spiro atoms. The van der Waals surface area contributed by atoms with Crippen molar-refractivity contribution in [2.24, 2.45) is 10.9 Å². The summed E-state index contributed by atoms with van der Waals surface area (Å²) in [5.74, 6) is -3.91. The smallest absolute Gasteiger partial charge is 0.418 e. The number of hydrogen-bond donors (Lipinski definition) is 3. The average molecular weight is 578 g/mol. The maximum atomic E-state index is 14.2. The highest BCUT2D eigenvalue weighted by Gasteiger charge is 2.52. The van der Waals surface area contributed by atoms with E-state index in [2.05, 4.69) is 21.1 Å². The number of nitrogens with one attached hydrogen (secondary N) is 3. The number of benzene rings is 2. The van der Waals surface area contributed by atoms with Crippen LogP contribution in [-0.2, 0) is 11.0 Å². The number of hydrazine groups is 1. The molecule has 1 aliphatic heterocycles. The van der Waals surface area contributed by atoms with Gasteiger partial charge in [0, 0.05) is 13.6 Å². The number of carbonyl (C=O) groups is 1. The van der Waals surface area contributed by atoms with E-state index in [1.165, 1.54) is 38.4 Å². The number of halogens is 7. The van der Waals surface area contributed by atoms with Gasteiger partial charge in [-0.25, -0.2) is 19.8 Å². The summed E-state index contributed by atoms with van der Waals surface area (Å²) in [5, 5.41) is 5.83. The summed E-state index contributed by atoms with van der Waals surface area (Å²) >= 11 is 0. The zero-order valence-electron chi connectivity index (χ0n) is 22.1. The van der Waals surface area contributed by atoms with E-state index < -0.39 is 59.3 Å². The SMILES string of the molecule is COc1ccc(C(C)CC(C)N=C(NC(=O)C2CN(C)NC2C(F)(F)F)Nc2ccccc2C(F)(F)F)cc1F. The van der Waals surface area contributed by atoms with E-state index >= 15 is 0 Å². The molecule has 3 N–H and O–H groups in total. The Morgan fingerprint density at radius 1 is 1.15 bits per heavy atom. The van der Waals surface area contributed by atoms with Gasteiger partial charge in [0.15, 0.2) is 11.6 Å². The van der Waals surface area contributed by atoms with Crippen molar-refractivity contribution in [3.8, 4) is 5.75 Å². The first-order valence-electron chi connectivity index (χ1n) is 12.3. The van der Waals surface area contributed by atoms with Crippen LogP contribution in [0.2, 0.25) is 0 Å². The molecule has 2 aromatic carbocycles. The molecule has 7 nitrogen and oxygen atoms in total. The second-order valence-corrected chi connectivity index (χ2v) is 9.65. The fraction of sp³-hybridized carbons (Fsp3) is 0.462. The molecular formula is C26H30F7N5O2. The third kappa shape index (κ3) is 7.84. The van der Waals surface area contributed by atoms with Crippen molar-refractivity contribution in [2.45, 2.75) is 50.6 Å². The largest absolute Gasteiger partial charge is 0.494 e. The minimum absolute atomic E-state index is 0.0590. The Balaban J connectivity index is 1.89.